The lowest BCUT2D eigenvalue weighted by Crippen LogP contribution is -2.40. The van der Waals surface area contributed by atoms with E-state index in [1.165, 1.54) is 6.07 Å². The number of hydrogen-bond donors (Lipinski definition) is 3. The molecular formula is C28H23ClFN3O3. The van der Waals surface area contributed by atoms with Gasteiger partial charge in [-0.1, -0.05) is 53.9 Å². The number of nitrogens with one attached hydrogen (secondary N) is 3. The summed E-state index contributed by atoms with van der Waals surface area (Å²) in [5, 5.41) is 8.32. The van der Waals surface area contributed by atoms with Gasteiger partial charge in [0.05, 0.1) is 12.1 Å². The van der Waals surface area contributed by atoms with Crippen LogP contribution in [0, 0.1) is 18.2 Å². The third-order valence-electron chi connectivity index (χ3n) is 6.00. The number of terminal acetylenes is 1. The Hall–Kier alpha value is -4.15. The lowest BCUT2D eigenvalue weighted by molar-refractivity contribution is -0.139. The summed E-state index contributed by atoms with van der Waals surface area (Å²) in [6.45, 7) is -0.0804. The molecule has 4 rings (SSSR count). The molecule has 0 saturated heterocycles. The van der Waals surface area contributed by atoms with Crippen molar-refractivity contribution in [3.8, 4) is 23.5 Å². The standard InChI is InChI=1S/C28H23ClFN3O3/c1-2-13-31-26(35)27(36)32-17-18-7-3-4-9-23(18)25(34)33-28(11-12-28)20-14-19(15-21(29)16-20)22-8-5-6-10-24(22)30/h1,3-10,14-16H,11-13,17H2,(H,31,35)(H,32,36)(H,33,34). The van der Waals surface area contributed by atoms with Crippen molar-refractivity contribution in [3.05, 3.63) is 94.3 Å². The number of rotatable bonds is 7. The second-order valence-electron chi connectivity index (χ2n) is 8.47. The van der Waals surface area contributed by atoms with Gasteiger partial charge in [0, 0.05) is 22.7 Å². The number of halogens is 2. The van der Waals surface area contributed by atoms with E-state index in [1.807, 2.05) is 6.07 Å². The molecule has 0 heterocycles. The van der Waals surface area contributed by atoms with Crippen LogP contribution in [0.25, 0.3) is 11.1 Å². The highest BCUT2D eigenvalue weighted by Gasteiger charge is 2.46. The van der Waals surface area contributed by atoms with Crippen LogP contribution in [0.3, 0.4) is 0 Å². The Balaban J connectivity index is 1.52. The summed E-state index contributed by atoms with van der Waals surface area (Å²) in [6, 6.07) is 18.6. The number of hydrogen-bond acceptors (Lipinski definition) is 3. The van der Waals surface area contributed by atoms with Gasteiger partial charge in [-0.05, 0) is 59.9 Å². The zero-order valence-electron chi connectivity index (χ0n) is 19.2. The molecule has 1 fully saturated rings. The summed E-state index contributed by atoms with van der Waals surface area (Å²) in [5.41, 5.74) is 2.12. The van der Waals surface area contributed by atoms with Crippen molar-refractivity contribution >= 4 is 29.3 Å². The molecule has 3 aromatic carbocycles. The molecule has 36 heavy (non-hydrogen) atoms. The predicted molar refractivity (Wildman–Crippen MR) is 135 cm³/mol. The maximum Gasteiger partial charge on any atom is 0.310 e. The zero-order valence-corrected chi connectivity index (χ0v) is 20.0. The van der Waals surface area contributed by atoms with E-state index >= 15 is 0 Å². The summed E-state index contributed by atoms with van der Waals surface area (Å²) < 4.78 is 14.4. The van der Waals surface area contributed by atoms with Crippen LogP contribution in [0.5, 0.6) is 0 Å². The molecule has 1 aliphatic rings. The van der Waals surface area contributed by atoms with Crippen molar-refractivity contribution in [2.24, 2.45) is 0 Å². The Morgan fingerprint density at radius 3 is 2.39 bits per heavy atom. The van der Waals surface area contributed by atoms with Crippen molar-refractivity contribution in [2.75, 3.05) is 6.54 Å². The molecule has 1 aliphatic carbocycles. The lowest BCUT2D eigenvalue weighted by Gasteiger charge is -2.21. The van der Waals surface area contributed by atoms with Gasteiger partial charge in [-0.15, -0.1) is 6.42 Å². The van der Waals surface area contributed by atoms with Crippen LogP contribution < -0.4 is 16.0 Å². The van der Waals surface area contributed by atoms with E-state index in [9.17, 15) is 18.8 Å². The van der Waals surface area contributed by atoms with Gasteiger partial charge in [0.2, 0.25) is 0 Å². The Bertz CT molecular complexity index is 1380. The Labute approximate surface area is 213 Å². The van der Waals surface area contributed by atoms with Crippen molar-refractivity contribution in [1.29, 1.82) is 0 Å². The van der Waals surface area contributed by atoms with Gasteiger partial charge in [-0.25, -0.2) is 4.39 Å². The summed E-state index contributed by atoms with van der Waals surface area (Å²) in [6.07, 6.45) is 6.48. The van der Waals surface area contributed by atoms with Gasteiger partial charge in [0.1, 0.15) is 5.82 Å². The molecule has 182 valence electrons. The second-order valence-corrected chi connectivity index (χ2v) is 8.91. The fourth-order valence-corrected chi connectivity index (χ4v) is 4.21. The molecule has 3 amide bonds. The number of carbonyl (C=O) groups is 3. The van der Waals surface area contributed by atoms with Crippen LogP contribution >= 0.6 is 11.6 Å². The van der Waals surface area contributed by atoms with Crippen molar-refractivity contribution in [2.45, 2.75) is 24.9 Å². The minimum atomic E-state index is -0.849. The highest BCUT2D eigenvalue weighted by molar-refractivity contribution is 6.35. The maximum atomic E-state index is 14.4. The SMILES string of the molecule is C#CCNC(=O)C(=O)NCc1ccccc1C(=O)NC1(c2cc(Cl)cc(-c3ccccc3F)c2)CC1. The molecule has 0 aliphatic heterocycles. The minimum Gasteiger partial charge on any atom is -0.344 e. The smallest absolute Gasteiger partial charge is 0.310 e. The van der Waals surface area contributed by atoms with Gasteiger partial charge in [0.15, 0.2) is 0 Å². The monoisotopic (exact) mass is 503 g/mol. The summed E-state index contributed by atoms with van der Waals surface area (Å²) in [7, 11) is 0. The van der Waals surface area contributed by atoms with Crippen LogP contribution in [0.15, 0.2) is 66.7 Å². The summed E-state index contributed by atoms with van der Waals surface area (Å²) >= 11 is 6.37. The van der Waals surface area contributed by atoms with Crippen LogP contribution in [0.4, 0.5) is 4.39 Å². The van der Waals surface area contributed by atoms with Gasteiger partial charge in [-0.3, -0.25) is 14.4 Å². The average molecular weight is 504 g/mol. The van der Waals surface area contributed by atoms with E-state index in [0.29, 0.717) is 40.1 Å². The third kappa shape index (κ3) is 5.56. The van der Waals surface area contributed by atoms with Gasteiger partial charge in [-0.2, -0.15) is 0 Å². The molecule has 0 bridgehead atoms. The Morgan fingerprint density at radius 1 is 0.972 bits per heavy atom. The molecule has 0 aromatic heterocycles. The Kier molecular flexibility index (Phi) is 7.37. The quantitative estimate of drug-likeness (QED) is 0.337. The first-order valence-electron chi connectivity index (χ1n) is 11.3. The van der Waals surface area contributed by atoms with Crippen LogP contribution in [0.1, 0.15) is 34.3 Å². The third-order valence-corrected chi connectivity index (χ3v) is 6.21. The summed E-state index contributed by atoms with van der Waals surface area (Å²) in [4.78, 5) is 37.0. The summed E-state index contributed by atoms with van der Waals surface area (Å²) in [5.74, 6) is -0.167. The highest BCUT2D eigenvalue weighted by atomic mass is 35.5. The molecule has 6 nitrogen and oxygen atoms in total. The normalized spacial score (nSPS) is 13.2. The first-order valence-corrected chi connectivity index (χ1v) is 11.7. The molecule has 0 radical (unpaired) electrons. The number of amides is 3. The molecular weight excluding hydrogens is 481 g/mol. The molecule has 0 unspecified atom stereocenters. The van der Waals surface area contributed by atoms with Gasteiger partial charge < -0.3 is 16.0 Å². The molecule has 3 N–H and O–H groups in total. The van der Waals surface area contributed by atoms with E-state index in [1.54, 1.807) is 54.6 Å². The molecule has 1 saturated carbocycles. The predicted octanol–water partition coefficient (Wildman–Crippen LogP) is 3.93. The van der Waals surface area contributed by atoms with Gasteiger partial charge >= 0.3 is 11.8 Å². The van der Waals surface area contributed by atoms with Crippen LogP contribution in [-0.4, -0.2) is 24.3 Å². The fourth-order valence-electron chi connectivity index (χ4n) is 3.98. The highest BCUT2D eigenvalue weighted by Crippen LogP contribution is 2.47. The zero-order chi connectivity index (χ0) is 25.7. The van der Waals surface area contributed by atoms with E-state index in [4.69, 9.17) is 18.0 Å². The van der Waals surface area contributed by atoms with Crippen molar-refractivity contribution < 1.29 is 18.8 Å². The van der Waals surface area contributed by atoms with Crippen LogP contribution in [0.2, 0.25) is 5.02 Å². The average Bonchev–Trinajstić information content (AvgIpc) is 3.66. The largest absolute Gasteiger partial charge is 0.344 e. The first-order chi connectivity index (χ1) is 17.3. The lowest BCUT2D eigenvalue weighted by atomic mass is 9.97. The first kappa shape index (κ1) is 25.0. The van der Waals surface area contributed by atoms with Crippen molar-refractivity contribution in [3.63, 3.8) is 0 Å². The van der Waals surface area contributed by atoms with E-state index in [2.05, 4.69) is 21.9 Å². The molecule has 0 atom stereocenters. The van der Waals surface area contributed by atoms with Gasteiger partial charge in [0.25, 0.3) is 5.91 Å². The van der Waals surface area contributed by atoms with E-state index < -0.39 is 17.4 Å². The second kappa shape index (κ2) is 10.6. The molecule has 3 aromatic rings. The Morgan fingerprint density at radius 2 is 1.67 bits per heavy atom. The number of benzene rings is 3. The topological polar surface area (TPSA) is 87.3 Å². The van der Waals surface area contributed by atoms with Crippen molar-refractivity contribution in [1.82, 2.24) is 16.0 Å². The van der Waals surface area contributed by atoms with Crippen LogP contribution in [-0.2, 0) is 21.7 Å². The molecule has 8 heteroatoms. The fraction of sp³-hybridized carbons (Fsp3) is 0.179. The molecule has 0 spiro atoms. The maximum absolute atomic E-state index is 14.4. The minimum absolute atomic E-state index is 0.0203. The van der Waals surface area contributed by atoms with E-state index in [-0.39, 0.29) is 24.8 Å². The number of carbonyl (C=O) groups excluding carboxylic acids is 3. The van der Waals surface area contributed by atoms with E-state index in [0.717, 1.165) is 5.56 Å².